The number of nitrogens with zero attached hydrogens (tertiary/aromatic N) is 2. The van der Waals surface area contributed by atoms with Gasteiger partial charge in [0.1, 0.15) is 5.75 Å². The predicted octanol–water partition coefficient (Wildman–Crippen LogP) is 6.12. The standard InChI is InChI=1S/C35H41BrN2O5Si/c1-23-33(44(3,4)28-14-12-27(42-2)13-15-28)31(17-19-39)43-35(23)29-21-25(36)11-16-30(29)38(34(35)41)22-24-8-7-9-26(20-24)37-18-6-5-10-32(37)40/h7-9,11-16,20-21,23,31,33,39H,5-6,10,17-19,22H2,1-4H3/t23-,31+,33-,35+/m0/s1. The molecular formula is C35H41BrN2O5Si. The summed E-state index contributed by atoms with van der Waals surface area (Å²) in [5, 5.41) is 11.4. The maximum atomic E-state index is 14.9. The Bertz CT molecular complexity index is 1560. The minimum Gasteiger partial charge on any atom is -0.497 e. The number of hydrogen-bond acceptors (Lipinski definition) is 5. The first kappa shape index (κ1) is 31.0. The van der Waals surface area contributed by atoms with Crippen molar-refractivity contribution in [3.05, 3.63) is 82.3 Å². The Hall–Kier alpha value is -2.98. The average Bonchev–Trinajstić information content (AvgIpc) is 3.44. The summed E-state index contributed by atoms with van der Waals surface area (Å²) in [4.78, 5) is 31.2. The third kappa shape index (κ3) is 5.11. The van der Waals surface area contributed by atoms with Crippen molar-refractivity contribution in [2.75, 3.05) is 30.1 Å². The summed E-state index contributed by atoms with van der Waals surface area (Å²) in [5.41, 5.74) is 2.47. The van der Waals surface area contributed by atoms with Crippen LogP contribution in [0.2, 0.25) is 18.6 Å². The molecule has 2 amide bonds. The van der Waals surface area contributed by atoms with Crippen molar-refractivity contribution in [2.45, 2.75) is 69.5 Å². The fourth-order valence-corrected chi connectivity index (χ4v) is 12.3. The molecule has 3 aromatic carbocycles. The lowest BCUT2D eigenvalue weighted by Gasteiger charge is -2.37. The van der Waals surface area contributed by atoms with E-state index in [0.717, 1.165) is 52.1 Å². The van der Waals surface area contributed by atoms with Crippen LogP contribution in [0, 0.1) is 5.92 Å². The van der Waals surface area contributed by atoms with Gasteiger partial charge in [-0.15, -0.1) is 0 Å². The number of amides is 2. The first-order chi connectivity index (χ1) is 21.1. The molecule has 9 heteroatoms. The lowest BCUT2D eigenvalue weighted by Crippen LogP contribution is -2.51. The van der Waals surface area contributed by atoms with Gasteiger partial charge in [-0.1, -0.05) is 65.4 Å². The van der Waals surface area contributed by atoms with Gasteiger partial charge in [-0.05, 0) is 72.8 Å². The van der Waals surface area contributed by atoms with Crippen LogP contribution in [0.4, 0.5) is 11.4 Å². The van der Waals surface area contributed by atoms with Gasteiger partial charge in [0.25, 0.3) is 5.91 Å². The van der Waals surface area contributed by atoms with Gasteiger partial charge in [0, 0.05) is 41.2 Å². The number of aliphatic hydroxyl groups excluding tert-OH is 1. The van der Waals surface area contributed by atoms with E-state index < -0.39 is 13.7 Å². The van der Waals surface area contributed by atoms with Crippen LogP contribution in [0.3, 0.4) is 0 Å². The van der Waals surface area contributed by atoms with Crippen molar-refractivity contribution >= 4 is 52.4 Å². The molecule has 3 aliphatic heterocycles. The summed E-state index contributed by atoms with van der Waals surface area (Å²) in [5.74, 6) is 0.762. The number of hydrogen-bond donors (Lipinski definition) is 1. The van der Waals surface area contributed by atoms with E-state index in [1.165, 1.54) is 5.19 Å². The first-order valence-corrected chi connectivity index (χ1v) is 19.4. The number of aliphatic hydroxyl groups is 1. The SMILES string of the molecule is COc1ccc([Si](C)(C)[C@@H]2[C@@H](CCO)O[C@]3(C(=O)N(Cc4cccc(N5CCCCC5=O)c4)c4ccc(Br)cc43)[C@H]2C)cc1. The lowest BCUT2D eigenvalue weighted by molar-refractivity contribution is -0.146. The van der Waals surface area contributed by atoms with Crippen LogP contribution in [0.25, 0.3) is 0 Å². The molecule has 0 aromatic heterocycles. The molecule has 3 aliphatic rings. The topological polar surface area (TPSA) is 79.3 Å². The van der Waals surface area contributed by atoms with Crippen LogP contribution >= 0.6 is 15.9 Å². The van der Waals surface area contributed by atoms with Crippen molar-refractivity contribution in [1.82, 2.24) is 0 Å². The van der Waals surface area contributed by atoms with Crippen LogP contribution in [0.15, 0.2) is 71.2 Å². The first-order valence-electron chi connectivity index (χ1n) is 15.6. The highest BCUT2D eigenvalue weighted by Crippen LogP contribution is 2.60. The highest BCUT2D eigenvalue weighted by atomic mass is 79.9. The highest BCUT2D eigenvalue weighted by Gasteiger charge is 2.66. The van der Waals surface area contributed by atoms with Crippen LogP contribution in [0.5, 0.6) is 5.75 Å². The maximum Gasteiger partial charge on any atom is 0.264 e. The number of methoxy groups -OCH3 is 1. The molecule has 0 unspecified atom stereocenters. The minimum atomic E-state index is -2.24. The molecule has 7 nitrogen and oxygen atoms in total. The number of rotatable bonds is 8. The normalized spacial score (nSPS) is 25.2. The lowest BCUT2D eigenvalue weighted by atomic mass is 9.82. The van der Waals surface area contributed by atoms with E-state index in [2.05, 4.69) is 48.1 Å². The zero-order chi connectivity index (χ0) is 31.2. The molecule has 0 saturated carbocycles. The molecule has 0 radical (unpaired) electrons. The molecule has 232 valence electrons. The molecule has 44 heavy (non-hydrogen) atoms. The summed E-state index contributed by atoms with van der Waals surface area (Å²) in [7, 11) is -0.576. The van der Waals surface area contributed by atoms with E-state index in [-0.39, 0.29) is 36.0 Å². The summed E-state index contributed by atoms with van der Waals surface area (Å²) in [6.07, 6.45) is 2.68. The zero-order valence-electron chi connectivity index (χ0n) is 25.9. The van der Waals surface area contributed by atoms with E-state index in [4.69, 9.17) is 9.47 Å². The number of anilines is 2. The van der Waals surface area contributed by atoms with Gasteiger partial charge in [0.15, 0.2) is 5.60 Å². The summed E-state index contributed by atoms with van der Waals surface area (Å²) >= 11 is 3.67. The molecule has 1 N–H and O–H groups in total. The highest BCUT2D eigenvalue weighted by molar-refractivity contribution is 9.10. The second kappa shape index (κ2) is 12.1. The number of benzene rings is 3. The summed E-state index contributed by atoms with van der Waals surface area (Å²) in [6, 6.07) is 22.3. The second-order valence-electron chi connectivity index (χ2n) is 12.9. The second-order valence-corrected chi connectivity index (χ2v) is 18.5. The number of fused-ring (bicyclic) bond motifs is 2. The number of halogens is 1. The van der Waals surface area contributed by atoms with Crippen LogP contribution in [-0.2, 0) is 26.5 Å². The molecule has 0 aliphatic carbocycles. The van der Waals surface area contributed by atoms with Gasteiger partial charge in [0.2, 0.25) is 5.91 Å². The van der Waals surface area contributed by atoms with Gasteiger partial charge in [-0.2, -0.15) is 0 Å². The minimum absolute atomic E-state index is 0.0116. The fourth-order valence-electron chi connectivity index (χ4n) is 7.92. The fraction of sp³-hybridized carbons (Fsp3) is 0.429. The van der Waals surface area contributed by atoms with Crippen LogP contribution in [0.1, 0.15) is 43.7 Å². The monoisotopic (exact) mass is 676 g/mol. The van der Waals surface area contributed by atoms with Gasteiger partial charge >= 0.3 is 0 Å². The Morgan fingerprint density at radius 1 is 1.07 bits per heavy atom. The van der Waals surface area contributed by atoms with Crippen molar-refractivity contribution in [3.63, 3.8) is 0 Å². The Morgan fingerprint density at radius 3 is 2.55 bits per heavy atom. The molecule has 3 aromatic rings. The number of carbonyl (C=O) groups excluding carboxylic acids is 2. The van der Waals surface area contributed by atoms with Crippen molar-refractivity contribution < 1.29 is 24.2 Å². The average molecular weight is 678 g/mol. The Balaban J connectivity index is 1.39. The van der Waals surface area contributed by atoms with Crippen molar-refractivity contribution in [1.29, 1.82) is 0 Å². The molecule has 0 bridgehead atoms. The van der Waals surface area contributed by atoms with E-state index in [1.807, 2.05) is 64.4 Å². The zero-order valence-corrected chi connectivity index (χ0v) is 28.5. The van der Waals surface area contributed by atoms with Crippen molar-refractivity contribution in [3.8, 4) is 5.75 Å². The molecule has 3 heterocycles. The van der Waals surface area contributed by atoms with Crippen LogP contribution in [-0.4, -0.2) is 51.4 Å². The summed E-state index contributed by atoms with van der Waals surface area (Å²) in [6.45, 7) is 7.93. The van der Waals surface area contributed by atoms with Gasteiger partial charge < -0.3 is 24.4 Å². The Kier molecular flexibility index (Phi) is 8.52. The van der Waals surface area contributed by atoms with Crippen molar-refractivity contribution in [2.24, 2.45) is 5.92 Å². The van der Waals surface area contributed by atoms with Crippen LogP contribution < -0.4 is 19.7 Å². The van der Waals surface area contributed by atoms with Gasteiger partial charge in [0.05, 0.1) is 33.5 Å². The van der Waals surface area contributed by atoms with Gasteiger partial charge in [-0.25, -0.2) is 0 Å². The van der Waals surface area contributed by atoms with E-state index in [0.29, 0.717) is 19.4 Å². The molecule has 1 spiro atoms. The number of piperidine rings is 1. The van der Waals surface area contributed by atoms with E-state index in [9.17, 15) is 14.7 Å². The molecule has 2 saturated heterocycles. The number of carbonyl (C=O) groups is 2. The molecular weight excluding hydrogens is 636 g/mol. The number of ether oxygens (including phenoxy) is 2. The van der Waals surface area contributed by atoms with Gasteiger partial charge in [-0.3, -0.25) is 9.59 Å². The Labute approximate surface area is 269 Å². The molecule has 4 atom stereocenters. The Morgan fingerprint density at radius 2 is 1.84 bits per heavy atom. The maximum absolute atomic E-state index is 14.9. The predicted molar refractivity (Wildman–Crippen MR) is 179 cm³/mol. The third-order valence-corrected chi connectivity index (χ3v) is 15.0. The van der Waals surface area contributed by atoms with E-state index in [1.54, 1.807) is 7.11 Å². The molecule has 2 fully saturated rings. The third-order valence-electron chi connectivity index (χ3n) is 10.1. The molecule has 6 rings (SSSR count). The largest absolute Gasteiger partial charge is 0.497 e. The smallest absolute Gasteiger partial charge is 0.264 e. The quantitative estimate of drug-likeness (QED) is 0.291. The summed E-state index contributed by atoms with van der Waals surface area (Å²) < 4.78 is 13.3. The van der Waals surface area contributed by atoms with E-state index >= 15 is 0 Å².